The second-order valence-electron chi connectivity index (χ2n) is 7.98. The molecule has 1 aliphatic rings. The van der Waals surface area contributed by atoms with E-state index >= 15 is 0 Å². The number of hydrogen-bond donors (Lipinski definition) is 1. The van der Waals surface area contributed by atoms with E-state index in [2.05, 4.69) is 10.3 Å². The first-order valence-corrected chi connectivity index (χ1v) is 10.6. The van der Waals surface area contributed by atoms with Crippen LogP contribution < -0.4 is 20.6 Å². The zero-order valence-electron chi connectivity index (χ0n) is 18.7. The van der Waals surface area contributed by atoms with Crippen molar-refractivity contribution in [1.29, 1.82) is 0 Å². The van der Waals surface area contributed by atoms with Gasteiger partial charge in [-0.15, -0.1) is 0 Å². The fraction of sp³-hybridized carbons (Fsp3) is 0.619. The maximum absolute atomic E-state index is 11.8. The van der Waals surface area contributed by atoms with Gasteiger partial charge < -0.3 is 35.0 Å². The SMILES string of the molecule is CNCC(C(=O)[O-])N1CCN(C(C)C(=O)[O-])Cc2cccc(n2)CN(C(C)C(=O)[O-])CC1. The molecule has 0 aromatic carbocycles. The maximum Gasteiger partial charge on any atom is 0.0620 e. The van der Waals surface area contributed by atoms with E-state index in [-0.39, 0.29) is 45.8 Å². The third kappa shape index (κ3) is 6.95. The summed E-state index contributed by atoms with van der Waals surface area (Å²) in [5.74, 6) is -3.74. The third-order valence-electron chi connectivity index (χ3n) is 5.83. The molecule has 2 rings (SSSR count). The molecule has 3 atom stereocenters. The minimum Gasteiger partial charge on any atom is -0.548 e. The Kier molecular flexibility index (Phi) is 9.51. The molecule has 11 heteroatoms. The highest BCUT2D eigenvalue weighted by Gasteiger charge is 2.25. The Balaban J connectivity index is 2.42. The van der Waals surface area contributed by atoms with Crippen LogP contribution in [0.5, 0.6) is 0 Å². The second kappa shape index (κ2) is 11.9. The van der Waals surface area contributed by atoms with Crippen LogP contribution in [0.25, 0.3) is 0 Å². The highest BCUT2D eigenvalue weighted by molar-refractivity contribution is 5.72. The van der Waals surface area contributed by atoms with Crippen molar-refractivity contribution in [3.05, 3.63) is 29.6 Å². The van der Waals surface area contributed by atoms with E-state index in [1.165, 1.54) is 13.8 Å². The van der Waals surface area contributed by atoms with E-state index in [1.54, 1.807) is 39.9 Å². The molecule has 178 valence electrons. The largest absolute Gasteiger partial charge is 0.548 e. The van der Waals surface area contributed by atoms with Crippen molar-refractivity contribution in [2.45, 2.75) is 45.1 Å². The monoisotopic (exact) mass is 448 g/mol. The summed E-state index contributed by atoms with van der Waals surface area (Å²) in [6.07, 6.45) is 0. The molecule has 0 saturated heterocycles. The second-order valence-corrected chi connectivity index (χ2v) is 7.98. The van der Waals surface area contributed by atoms with Gasteiger partial charge in [0.25, 0.3) is 0 Å². The number of likely N-dealkylation sites (N-methyl/N-ethyl adjacent to an activating group) is 1. The smallest absolute Gasteiger partial charge is 0.0620 e. The summed E-state index contributed by atoms with van der Waals surface area (Å²) >= 11 is 0. The highest BCUT2D eigenvalue weighted by Crippen LogP contribution is 2.13. The third-order valence-corrected chi connectivity index (χ3v) is 5.83. The molecule has 3 unspecified atom stereocenters. The summed E-state index contributed by atoms with van der Waals surface area (Å²) in [5.41, 5.74) is 1.24. The Morgan fingerprint density at radius 1 is 0.875 bits per heavy atom. The van der Waals surface area contributed by atoms with E-state index in [4.69, 9.17) is 0 Å². The number of pyridine rings is 1. The van der Waals surface area contributed by atoms with Crippen molar-refractivity contribution in [2.24, 2.45) is 0 Å². The van der Waals surface area contributed by atoms with Gasteiger partial charge in [-0.1, -0.05) is 6.07 Å². The molecular formula is C21H30N5O6-3. The summed E-state index contributed by atoms with van der Waals surface area (Å²) in [6, 6.07) is 2.52. The Labute approximate surface area is 187 Å². The van der Waals surface area contributed by atoms with Gasteiger partial charge in [-0.3, -0.25) is 19.7 Å². The van der Waals surface area contributed by atoms with Crippen LogP contribution in [0, 0.1) is 0 Å². The molecule has 11 nitrogen and oxygen atoms in total. The van der Waals surface area contributed by atoms with Crippen molar-refractivity contribution in [3.63, 3.8) is 0 Å². The minimum absolute atomic E-state index is 0.120. The van der Waals surface area contributed by atoms with Crippen LogP contribution in [0.2, 0.25) is 0 Å². The van der Waals surface area contributed by atoms with E-state index in [0.717, 1.165) is 0 Å². The summed E-state index contributed by atoms with van der Waals surface area (Å²) in [7, 11) is 1.62. The topological polar surface area (TPSA) is 155 Å². The molecule has 32 heavy (non-hydrogen) atoms. The van der Waals surface area contributed by atoms with Crippen molar-refractivity contribution in [1.82, 2.24) is 25.0 Å². The number of carboxylic acid groups (broad SMARTS) is 3. The molecular weight excluding hydrogens is 418 g/mol. The summed E-state index contributed by atoms with van der Waals surface area (Å²) in [5, 5.41) is 37.7. The van der Waals surface area contributed by atoms with E-state index in [1.807, 2.05) is 0 Å². The molecule has 0 spiro atoms. The first-order chi connectivity index (χ1) is 15.1. The standard InChI is InChI=1S/C21H33N5O6/c1-14(19(27)28)25-9-7-24(18(11-22-3)21(31)32)8-10-26(15(2)20(29)30)13-17-6-4-5-16(12-25)23-17/h4-6,14-15,18,22H,7-13H2,1-3H3,(H,27,28)(H,29,30)(H,31,32)/p-3. The van der Waals surface area contributed by atoms with Gasteiger partial charge in [0, 0.05) is 57.9 Å². The van der Waals surface area contributed by atoms with Crippen LogP contribution >= 0.6 is 0 Å². The number of fused-ring (bicyclic) bond motifs is 2. The van der Waals surface area contributed by atoms with Crippen LogP contribution in [-0.2, 0) is 27.5 Å². The number of carbonyl (C=O) groups excluding carboxylic acids is 3. The van der Waals surface area contributed by atoms with Gasteiger partial charge in [-0.25, -0.2) is 0 Å². The van der Waals surface area contributed by atoms with Crippen LogP contribution in [-0.4, -0.2) is 95.5 Å². The molecule has 1 N–H and O–H groups in total. The molecule has 0 fully saturated rings. The number of hydrogen-bond acceptors (Lipinski definition) is 11. The Morgan fingerprint density at radius 3 is 1.69 bits per heavy atom. The van der Waals surface area contributed by atoms with E-state index in [9.17, 15) is 29.7 Å². The quantitative estimate of drug-likeness (QED) is 0.410. The Bertz CT molecular complexity index is 757. The van der Waals surface area contributed by atoms with Crippen molar-refractivity contribution >= 4 is 17.9 Å². The van der Waals surface area contributed by atoms with Gasteiger partial charge >= 0.3 is 0 Å². The summed E-state index contributed by atoms with van der Waals surface area (Å²) in [4.78, 5) is 44.4. The van der Waals surface area contributed by atoms with Gasteiger partial charge in [0.05, 0.1) is 35.3 Å². The lowest BCUT2D eigenvalue weighted by atomic mass is 10.1. The van der Waals surface area contributed by atoms with Crippen molar-refractivity contribution in [3.8, 4) is 0 Å². The number of carbonyl (C=O) groups is 3. The lowest BCUT2D eigenvalue weighted by Crippen LogP contribution is -2.57. The molecule has 1 aliphatic heterocycles. The summed E-state index contributed by atoms with van der Waals surface area (Å²) < 4.78 is 0. The number of carboxylic acids is 3. The van der Waals surface area contributed by atoms with Gasteiger partial charge in [0.2, 0.25) is 0 Å². The Morgan fingerprint density at radius 2 is 1.31 bits per heavy atom. The first-order valence-electron chi connectivity index (χ1n) is 10.6. The van der Waals surface area contributed by atoms with Gasteiger partial charge in [0.15, 0.2) is 0 Å². The lowest BCUT2D eigenvalue weighted by molar-refractivity contribution is -0.314. The van der Waals surface area contributed by atoms with Crippen molar-refractivity contribution < 1.29 is 29.7 Å². The normalized spacial score (nSPS) is 19.8. The lowest BCUT2D eigenvalue weighted by Gasteiger charge is -2.38. The molecule has 0 aliphatic carbocycles. The maximum atomic E-state index is 11.8. The van der Waals surface area contributed by atoms with Gasteiger partial charge in [-0.2, -0.15) is 0 Å². The average molecular weight is 449 g/mol. The average Bonchev–Trinajstić information content (AvgIpc) is 2.74. The fourth-order valence-corrected chi connectivity index (χ4v) is 3.73. The number of rotatable bonds is 8. The van der Waals surface area contributed by atoms with Crippen LogP contribution in [0.15, 0.2) is 18.2 Å². The Hall–Kier alpha value is -2.60. The molecule has 2 bridgehead atoms. The van der Waals surface area contributed by atoms with Gasteiger partial charge in [-0.05, 0) is 33.0 Å². The van der Waals surface area contributed by atoms with Crippen LogP contribution in [0.1, 0.15) is 25.2 Å². The zero-order valence-corrected chi connectivity index (χ0v) is 18.7. The predicted molar refractivity (Wildman–Crippen MR) is 108 cm³/mol. The fourth-order valence-electron chi connectivity index (χ4n) is 3.73. The number of aliphatic carboxylic acids is 3. The molecule has 0 amide bonds. The molecule has 1 aromatic heterocycles. The van der Waals surface area contributed by atoms with Crippen molar-refractivity contribution in [2.75, 3.05) is 39.8 Å². The van der Waals surface area contributed by atoms with Gasteiger partial charge in [0.1, 0.15) is 0 Å². The molecule has 2 heterocycles. The zero-order chi connectivity index (χ0) is 23.8. The van der Waals surface area contributed by atoms with Crippen LogP contribution in [0.4, 0.5) is 0 Å². The molecule has 1 aromatic rings. The predicted octanol–water partition coefficient (Wildman–Crippen LogP) is -4.38. The van der Waals surface area contributed by atoms with E-state index in [0.29, 0.717) is 11.4 Å². The van der Waals surface area contributed by atoms with E-state index < -0.39 is 36.0 Å². The molecule has 0 saturated carbocycles. The van der Waals surface area contributed by atoms with Crippen LogP contribution in [0.3, 0.4) is 0 Å². The number of nitrogens with zero attached hydrogens (tertiary/aromatic N) is 4. The molecule has 0 radical (unpaired) electrons. The number of aromatic nitrogens is 1. The highest BCUT2D eigenvalue weighted by atomic mass is 16.4. The number of nitrogens with one attached hydrogen (secondary N) is 1. The summed E-state index contributed by atoms with van der Waals surface area (Å²) in [6.45, 7) is 4.52. The minimum atomic E-state index is -1.27. The first kappa shape index (κ1) is 25.7.